The van der Waals surface area contributed by atoms with E-state index >= 15 is 0 Å². The predicted octanol–water partition coefficient (Wildman–Crippen LogP) is -1.16. The van der Waals surface area contributed by atoms with E-state index in [1.807, 2.05) is 0 Å². The van der Waals surface area contributed by atoms with Gasteiger partial charge in [0, 0.05) is 6.42 Å². The van der Waals surface area contributed by atoms with E-state index in [4.69, 9.17) is 20.1 Å². The molecule has 60 valence electrons. The number of hydrogen-bond donors (Lipinski definition) is 3. The average molecular weight is 148 g/mol. The third-order valence-electron chi connectivity index (χ3n) is 1.61. The van der Waals surface area contributed by atoms with Crippen molar-refractivity contribution in [2.45, 2.75) is 37.9 Å². The van der Waals surface area contributed by atoms with Crippen molar-refractivity contribution in [3.63, 3.8) is 0 Å². The van der Waals surface area contributed by atoms with Gasteiger partial charge in [0.2, 0.25) is 0 Å². The van der Waals surface area contributed by atoms with Crippen LogP contribution in [0.1, 0.15) is 13.3 Å². The van der Waals surface area contributed by atoms with Crippen LogP contribution in [0.5, 0.6) is 0 Å². The first-order valence-electron chi connectivity index (χ1n) is 3.31. The summed E-state index contributed by atoms with van der Waals surface area (Å²) in [5, 5.41) is 26.9. The van der Waals surface area contributed by atoms with Crippen LogP contribution in [0.25, 0.3) is 0 Å². The molecule has 0 aromatic carbocycles. The number of aliphatic hydroxyl groups is 3. The summed E-state index contributed by atoms with van der Waals surface area (Å²) in [6.45, 7) is 1.52. The molecule has 1 saturated heterocycles. The minimum Gasteiger partial charge on any atom is -0.391 e. The van der Waals surface area contributed by atoms with Gasteiger partial charge in [-0.2, -0.15) is 0 Å². The van der Waals surface area contributed by atoms with Gasteiger partial charge in [0.15, 0.2) is 6.29 Å². The standard InChI is InChI=1S/C6H12O4/c1-3(7)6-4(8)2-5(9)10-6/h3-9H,2H2,1H3. The molecule has 0 aliphatic carbocycles. The van der Waals surface area contributed by atoms with Gasteiger partial charge in [0.25, 0.3) is 0 Å². The molecule has 0 aromatic rings. The molecule has 4 nitrogen and oxygen atoms in total. The van der Waals surface area contributed by atoms with Crippen molar-refractivity contribution in [2.24, 2.45) is 0 Å². The number of rotatable bonds is 1. The van der Waals surface area contributed by atoms with E-state index in [1.165, 1.54) is 6.92 Å². The van der Waals surface area contributed by atoms with E-state index in [0.717, 1.165) is 0 Å². The van der Waals surface area contributed by atoms with Crippen LogP contribution in [0.4, 0.5) is 0 Å². The van der Waals surface area contributed by atoms with Crippen molar-refractivity contribution >= 4 is 0 Å². The van der Waals surface area contributed by atoms with E-state index < -0.39 is 24.6 Å². The Kier molecular flexibility index (Phi) is 2.25. The van der Waals surface area contributed by atoms with Gasteiger partial charge in [-0.25, -0.2) is 0 Å². The van der Waals surface area contributed by atoms with Crippen LogP contribution >= 0.6 is 0 Å². The lowest BCUT2D eigenvalue weighted by atomic mass is 10.1. The summed E-state index contributed by atoms with van der Waals surface area (Å²) in [7, 11) is 0. The van der Waals surface area contributed by atoms with Gasteiger partial charge in [-0.05, 0) is 6.92 Å². The van der Waals surface area contributed by atoms with Crippen molar-refractivity contribution in [1.29, 1.82) is 0 Å². The van der Waals surface area contributed by atoms with Gasteiger partial charge >= 0.3 is 0 Å². The molecule has 1 fully saturated rings. The number of hydrogen-bond acceptors (Lipinski definition) is 4. The largest absolute Gasteiger partial charge is 0.391 e. The Bertz CT molecular complexity index is 114. The first-order valence-corrected chi connectivity index (χ1v) is 3.31. The summed E-state index contributed by atoms with van der Waals surface area (Å²) >= 11 is 0. The first kappa shape index (κ1) is 7.94. The van der Waals surface area contributed by atoms with Gasteiger partial charge in [-0.15, -0.1) is 0 Å². The number of aliphatic hydroxyl groups excluding tert-OH is 3. The zero-order valence-corrected chi connectivity index (χ0v) is 5.77. The molecule has 0 bridgehead atoms. The molecule has 4 atom stereocenters. The van der Waals surface area contributed by atoms with Crippen molar-refractivity contribution in [2.75, 3.05) is 0 Å². The van der Waals surface area contributed by atoms with Crippen LogP contribution in [0, 0.1) is 0 Å². The maximum Gasteiger partial charge on any atom is 0.157 e. The van der Waals surface area contributed by atoms with E-state index in [-0.39, 0.29) is 6.42 Å². The number of ether oxygens (including phenoxy) is 1. The Morgan fingerprint density at radius 3 is 2.30 bits per heavy atom. The molecule has 1 heterocycles. The molecule has 10 heavy (non-hydrogen) atoms. The Labute approximate surface area is 59.1 Å². The third kappa shape index (κ3) is 1.46. The lowest BCUT2D eigenvalue weighted by Gasteiger charge is -2.15. The fourth-order valence-corrected chi connectivity index (χ4v) is 1.10. The molecule has 0 radical (unpaired) electrons. The fourth-order valence-electron chi connectivity index (χ4n) is 1.10. The monoisotopic (exact) mass is 148 g/mol. The van der Waals surface area contributed by atoms with Gasteiger partial charge < -0.3 is 20.1 Å². The molecule has 4 heteroatoms. The van der Waals surface area contributed by atoms with E-state index in [2.05, 4.69) is 0 Å². The molecule has 0 saturated carbocycles. The quantitative estimate of drug-likeness (QED) is 0.438. The molecule has 1 aliphatic rings. The summed E-state index contributed by atoms with van der Waals surface area (Å²) in [6.07, 6.45) is -2.83. The molecule has 0 spiro atoms. The van der Waals surface area contributed by atoms with Crippen molar-refractivity contribution < 1.29 is 20.1 Å². The van der Waals surface area contributed by atoms with Crippen LogP contribution in [0.2, 0.25) is 0 Å². The predicted molar refractivity (Wildman–Crippen MR) is 33.2 cm³/mol. The van der Waals surface area contributed by atoms with Crippen LogP contribution in [0.3, 0.4) is 0 Å². The Balaban J connectivity index is 2.46. The molecule has 0 aromatic heterocycles. The van der Waals surface area contributed by atoms with E-state index in [1.54, 1.807) is 0 Å². The van der Waals surface area contributed by atoms with Crippen molar-refractivity contribution in [3.8, 4) is 0 Å². The second-order valence-corrected chi connectivity index (χ2v) is 2.60. The van der Waals surface area contributed by atoms with Crippen molar-refractivity contribution in [1.82, 2.24) is 0 Å². The van der Waals surface area contributed by atoms with Crippen LogP contribution in [-0.2, 0) is 4.74 Å². The summed E-state index contributed by atoms with van der Waals surface area (Å²) < 4.78 is 4.79. The lowest BCUT2D eigenvalue weighted by Crippen LogP contribution is -2.32. The molecular formula is C6H12O4. The maximum atomic E-state index is 9.08. The van der Waals surface area contributed by atoms with Gasteiger partial charge in [0.1, 0.15) is 6.10 Å². The normalized spacial score (nSPS) is 43.8. The highest BCUT2D eigenvalue weighted by Crippen LogP contribution is 2.20. The highest BCUT2D eigenvalue weighted by atomic mass is 16.6. The minimum absolute atomic E-state index is 0.190. The second-order valence-electron chi connectivity index (χ2n) is 2.60. The highest BCUT2D eigenvalue weighted by Gasteiger charge is 2.35. The Morgan fingerprint density at radius 2 is 2.10 bits per heavy atom. The highest BCUT2D eigenvalue weighted by molar-refractivity contribution is 4.80. The third-order valence-corrected chi connectivity index (χ3v) is 1.61. The summed E-state index contributed by atoms with van der Waals surface area (Å²) in [4.78, 5) is 0. The molecule has 1 rings (SSSR count). The fraction of sp³-hybridized carbons (Fsp3) is 1.00. The average Bonchev–Trinajstić information content (AvgIpc) is 2.10. The summed E-state index contributed by atoms with van der Waals surface area (Å²) in [5.41, 5.74) is 0. The zero-order valence-electron chi connectivity index (χ0n) is 5.77. The van der Waals surface area contributed by atoms with Gasteiger partial charge in [0.05, 0.1) is 12.2 Å². The smallest absolute Gasteiger partial charge is 0.157 e. The second kappa shape index (κ2) is 2.84. The van der Waals surface area contributed by atoms with Gasteiger partial charge in [-0.1, -0.05) is 0 Å². The molecule has 3 N–H and O–H groups in total. The first-order chi connectivity index (χ1) is 4.61. The van der Waals surface area contributed by atoms with Crippen LogP contribution < -0.4 is 0 Å². The van der Waals surface area contributed by atoms with Gasteiger partial charge in [-0.3, -0.25) is 0 Å². The molecule has 1 aliphatic heterocycles. The topological polar surface area (TPSA) is 69.9 Å². The molecular weight excluding hydrogens is 136 g/mol. The van der Waals surface area contributed by atoms with Crippen molar-refractivity contribution in [3.05, 3.63) is 0 Å². The lowest BCUT2D eigenvalue weighted by molar-refractivity contribution is -0.125. The van der Waals surface area contributed by atoms with Crippen LogP contribution in [-0.4, -0.2) is 39.9 Å². The zero-order chi connectivity index (χ0) is 7.72. The summed E-state index contributed by atoms with van der Waals surface area (Å²) in [6, 6.07) is 0. The minimum atomic E-state index is -0.922. The summed E-state index contributed by atoms with van der Waals surface area (Å²) in [5.74, 6) is 0. The van der Waals surface area contributed by atoms with E-state index in [0.29, 0.717) is 0 Å². The Morgan fingerprint density at radius 1 is 1.50 bits per heavy atom. The Hall–Kier alpha value is -0.160. The van der Waals surface area contributed by atoms with Crippen LogP contribution in [0.15, 0.2) is 0 Å². The molecule has 4 unspecified atom stereocenters. The SMILES string of the molecule is CC(O)C1OC(O)CC1O. The molecule has 0 amide bonds. The maximum absolute atomic E-state index is 9.08. The van der Waals surface area contributed by atoms with E-state index in [9.17, 15) is 0 Å².